The largest absolute Gasteiger partial charge is 0.356 e. The number of hydrogen-bond acceptors (Lipinski definition) is 4. The van der Waals surface area contributed by atoms with Gasteiger partial charge in [0.1, 0.15) is 17.6 Å². The molecular formula is C12H16N4. The van der Waals surface area contributed by atoms with Gasteiger partial charge in [-0.25, -0.2) is 4.98 Å². The Morgan fingerprint density at radius 1 is 1.62 bits per heavy atom. The summed E-state index contributed by atoms with van der Waals surface area (Å²) in [6.45, 7) is 3.97. The zero-order valence-corrected chi connectivity index (χ0v) is 9.43. The highest BCUT2D eigenvalue weighted by molar-refractivity contribution is 5.42. The fourth-order valence-electron chi connectivity index (χ4n) is 2.09. The van der Waals surface area contributed by atoms with Crippen LogP contribution in [0.3, 0.4) is 0 Å². The molecule has 2 atom stereocenters. The van der Waals surface area contributed by atoms with Crippen molar-refractivity contribution < 1.29 is 0 Å². The van der Waals surface area contributed by atoms with Crippen molar-refractivity contribution in [2.24, 2.45) is 11.7 Å². The number of aromatic nitrogens is 1. The number of hydrogen-bond donors (Lipinski definition) is 1. The first-order valence-electron chi connectivity index (χ1n) is 5.58. The molecule has 0 radical (unpaired) electrons. The van der Waals surface area contributed by atoms with E-state index in [-0.39, 0.29) is 6.04 Å². The second kappa shape index (κ2) is 4.50. The van der Waals surface area contributed by atoms with Crippen LogP contribution < -0.4 is 10.6 Å². The molecule has 1 fully saturated rings. The molecule has 2 unspecified atom stereocenters. The second-order valence-electron chi connectivity index (χ2n) is 4.35. The molecule has 2 rings (SSSR count). The quantitative estimate of drug-likeness (QED) is 0.804. The normalized spacial score (nSPS) is 21.8. The van der Waals surface area contributed by atoms with Gasteiger partial charge in [0.2, 0.25) is 0 Å². The van der Waals surface area contributed by atoms with Gasteiger partial charge in [-0.3, -0.25) is 0 Å². The van der Waals surface area contributed by atoms with Gasteiger partial charge in [0.15, 0.2) is 0 Å². The Balaban J connectivity index is 2.12. The van der Waals surface area contributed by atoms with E-state index in [1.807, 2.05) is 19.1 Å². The van der Waals surface area contributed by atoms with E-state index in [0.29, 0.717) is 11.6 Å². The minimum absolute atomic E-state index is 0.226. The number of nitrogens with zero attached hydrogens (tertiary/aromatic N) is 3. The van der Waals surface area contributed by atoms with Crippen molar-refractivity contribution in [3.63, 3.8) is 0 Å². The molecule has 0 bridgehead atoms. The molecule has 2 heterocycles. The number of nitriles is 1. The van der Waals surface area contributed by atoms with E-state index in [4.69, 9.17) is 11.0 Å². The molecule has 0 aliphatic carbocycles. The molecule has 1 saturated heterocycles. The van der Waals surface area contributed by atoms with Crippen molar-refractivity contribution in [1.82, 2.24) is 4.98 Å². The second-order valence-corrected chi connectivity index (χ2v) is 4.35. The Bertz CT molecular complexity index is 408. The minimum atomic E-state index is 0.226. The van der Waals surface area contributed by atoms with Crippen LogP contribution in [0.25, 0.3) is 0 Å². The van der Waals surface area contributed by atoms with Gasteiger partial charge in [-0.1, -0.05) is 6.07 Å². The maximum Gasteiger partial charge on any atom is 0.142 e. The van der Waals surface area contributed by atoms with Crippen molar-refractivity contribution in [2.45, 2.75) is 19.4 Å². The summed E-state index contributed by atoms with van der Waals surface area (Å²) in [5.41, 5.74) is 6.37. The number of nitrogens with two attached hydrogens (primary N) is 1. The molecule has 1 aromatic rings. The third-order valence-corrected chi connectivity index (χ3v) is 3.14. The van der Waals surface area contributed by atoms with E-state index in [2.05, 4.69) is 16.0 Å². The third-order valence-electron chi connectivity index (χ3n) is 3.14. The van der Waals surface area contributed by atoms with Gasteiger partial charge >= 0.3 is 0 Å². The Morgan fingerprint density at radius 2 is 2.44 bits per heavy atom. The highest BCUT2D eigenvalue weighted by Gasteiger charge is 2.25. The lowest BCUT2D eigenvalue weighted by atomic mass is 10.0. The summed E-state index contributed by atoms with van der Waals surface area (Å²) in [6.07, 6.45) is 1.11. The average Bonchev–Trinajstić information content (AvgIpc) is 2.78. The Hall–Kier alpha value is -1.60. The highest BCUT2D eigenvalue weighted by atomic mass is 15.2. The summed E-state index contributed by atoms with van der Waals surface area (Å²) >= 11 is 0. The van der Waals surface area contributed by atoms with Gasteiger partial charge in [0.05, 0.1) is 0 Å². The topological polar surface area (TPSA) is 65.9 Å². The van der Waals surface area contributed by atoms with Crippen LogP contribution in [-0.4, -0.2) is 24.1 Å². The van der Waals surface area contributed by atoms with Crippen molar-refractivity contribution in [3.05, 3.63) is 23.9 Å². The summed E-state index contributed by atoms with van der Waals surface area (Å²) in [5, 5.41) is 8.79. The first-order chi connectivity index (χ1) is 7.70. The van der Waals surface area contributed by atoms with Crippen LogP contribution >= 0.6 is 0 Å². The highest BCUT2D eigenvalue weighted by Crippen LogP contribution is 2.23. The molecule has 84 valence electrons. The Morgan fingerprint density at radius 3 is 3.06 bits per heavy atom. The van der Waals surface area contributed by atoms with Gasteiger partial charge in [0, 0.05) is 19.1 Å². The van der Waals surface area contributed by atoms with E-state index in [0.717, 1.165) is 25.3 Å². The van der Waals surface area contributed by atoms with Crippen LogP contribution in [0.2, 0.25) is 0 Å². The van der Waals surface area contributed by atoms with E-state index in [9.17, 15) is 0 Å². The molecule has 2 N–H and O–H groups in total. The molecule has 1 aromatic heterocycles. The van der Waals surface area contributed by atoms with Crippen LogP contribution in [0.4, 0.5) is 5.82 Å². The van der Waals surface area contributed by atoms with Crippen molar-refractivity contribution in [2.75, 3.05) is 18.0 Å². The molecule has 0 saturated carbocycles. The fraction of sp³-hybridized carbons (Fsp3) is 0.500. The van der Waals surface area contributed by atoms with E-state index in [1.54, 1.807) is 6.07 Å². The van der Waals surface area contributed by atoms with Crippen molar-refractivity contribution in [3.8, 4) is 6.07 Å². The predicted molar refractivity (Wildman–Crippen MR) is 62.9 cm³/mol. The van der Waals surface area contributed by atoms with Crippen molar-refractivity contribution in [1.29, 1.82) is 5.26 Å². The minimum Gasteiger partial charge on any atom is -0.356 e. The molecule has 1 aliphatic rings. The number of pyridine rings is 1. The third kappa shape index (κ3) is 2.15. The Kier molecular flexibility index (Phi) is 3.07. The molecule has 4 nitrogen and oxygen atoms in total. The maximum atomic E-state index is 8.79. The Labute approximate surface area is 95.7 Å². The zero-order valence-electron chi connectivity index (χ0n) is 9.43. The van der Waals surface area contributed by atoms with Crippen molar-refractivity contribution >= 4 is 5.82 Å². The zero-order chi connectivity index (χ0) is 11.5. The molecular weight excluding hydrogens is 200 g/mol. The fourth-order valence-corrected chi connectivity index (χ4v) is 2.09. The summed E-state index contributed by atoms with van der Waals surface area (Å²) < 4.78 is 0. The molecule has 16 heavy (non-hydrogen) atoms. The summed E-state index contributed by atoms with van der Waals surface area (Å²) in [5.74, 6) is 1.43. The smallest absolute Gasteiger partial charge is 0.142 e. The van der Waals surface area contributed by atoms with Gasteiger partial charge in [-0.05, 0) is 31.4 Å². The average molecular weight is 216 g/mol. The number of rotatable bonds is 2. The first-order valence-corrected chi connectivity index (χ1v) is 5.58. The van der Waals surface area contributed by atoms with E-state index >= 15 is 0 Å². The molecule has 1 aliphatic heterocycles. The molecule has 0 aromatic carbocycles. The monoisotopic (exact) mass is 216 g/mol. The number of anilines is 1. The lowest BCUT2D eigenvalue weighted by molar-refractivity contribution is 0.488. The van der Waals surface area contributed by atoms with Crippen LogP contribution in [0.5, 0.6) is 0 Å². The standard InChI is InChI=1S/C12H16N4/c1-9(14)10-5-6-16(8-10)12-4-2-3-11(7-13)15-12/h2-4,9-10H,5-6,8,14H2,1H3. The summed E-state index contributed by atoms with van der Waals surface area (Å²) in [4.78, 5) is 6.49. The SMILES string of the molecule is CC(N)C1CCN(c2cccc(C#N)n2)C1. The lowest BCUT2D eigenvalue weighted by Gasteiger charge is -2.18. The van der Waals surface area contributed by atoms with Gasteiger partial charge in [-0.2, -0.15) is 5.26 Å². The summed E-state index contributed by atoms with van der Waals surface area (Å²) in [6, 6.07) is 7.84. The molecule has 0 amide bonds. The van der Waals surface area contributed by atoms with Crippen LogP contribution in [0.15, 0.2) is 18.2 Å². The van der Waals surface area contributed by atoms with Crippen LogP contribution in [-0.2, 0) is 0 Å². The van der Waals surface area contributed by atoms with E-state index in [1.165, 1.54) is 0 Å². The van der Waals surface area contributed by atoms with Gasteiger partial charge in [0.25, 0.3) is 0 Å². The first kappa shape index (κ1) is 10.9. The lowest BCUT2D eigenvalue weighted by Crippen LogP contribution is -2.30. The van der Waals surface area contributed by atoms with E-state index < -0.39 is 0 Å². The van der Waals surface area contributed by atoms with Crippen LogP contribution in [0.1, 0.15) is 19.0 Å². The maximum absolute atomic E-state index is 8.79. The van der Waals surface area contributed by atoms with Gasteiger partial charge < -0.3 is 10.6 Å². The predicted octanol–water partition coefficient (Wildman–Crippen LogP) is 1.13. The molecule has 4 heteroatoms. The summed E-state index contributed by atoms with van der Waals surface area (Å²) in [7, 11) is 0. The van der Waals surface area contributed by atoms with Crippen LogP contribution in [0, 0.1) is 17.2 Å². The molecule has 0 spiro atoms. The van der Waals surface area contributed by atoms with Gasteiger partial charge in [-0.15, -0.1) is 0 Å².